The number of sulfonamides is 1. The molecule has 132 valence electrons. The number of aromatic amines is 1. The number of thiophene rings is 1. The Kier molecular flexibility index (Phi) is 5.07. The van der Waals surface area contributed by atoms with E-state index in [4.69, 9.17) is 9.47 Å². The summed E-state index contributed by atoms with van der Waals surface area (Å²) < 4.78 is 38.3. The van der Waals surface area contributed by atoms with Gasteiger partial charge in [0.15, 0.2) is 6.29 Å². The van der Waals surface area contributed by atoms with Crippen LogP contribution in [-0.4, -0.2) is 40.0 Å². The average molecular weight is 380 g/mol. The number of hydrogen-bond donors (Lipinski definition) is 2. The van der Waals surface area contributed by atoms with Crippen molar-refractivity contribution in [1.29, 1.82) is 0 Å². The molecule has 0 aliphatic rings. The molecule has 0 spiro atoms. The normalized spacial score (nSPS) is 11.6. The molecular formula is C16H16N2O5S2. The lowest BCUT2D eigenvalue weighted by atomic mass is 10.2. The third-order valence-electron chi connectivity index (χ3n) is 3.41. The third-order valence-corrected chi connectivity index (χ3v) is 6.17. The number of ether oxygens (including phenoxy) is 2. The molecule has 3 rings (SSSR count). The van der Waals surface area contributed by atoms with Gasteiger partial charge in [-0.05, 0) is 23.6 Å². The molecule has 25 heavy (non-hydrogen) atoms. The lowest BCUT2D eigenvalue weighted by Gasteiger charge is -2.11. The molecular weight excluding hydrogens is 364 g/mol. The Balaban J connectivity index is 2.02. The van der Waals surface area contributed by atoms with Gasteiger partial charge < -0.3 is 14.5 Å². The summed E-state index contributed by atoms with van der Waals surface area (Å²) in [5.74, 6) is 0.477. The van der Waals surface area contributed by atoms with Crippen LogP contribution in [0, 0.1) is 0 Å². The SMILES string of the molecule is COCCOc1cc(NS(=O)(=O)c2cccs2)c2[nH]c(C=O)cc2c1. The number of carbonyl (C=O) groups excluding carboxylic acids is 1. The minimum atomic E-state index is -3.72. The molecule has 0 saturated heterocycles. The Hall–Kier alpha value is -2.36. The molecule has 0 amide bonds. The summed E-state index contributed by atoms with van der Waals surface area (Å²) in [5, 5.41) is 2.36. The van der Waals surface area contributed by atoms with Crippen LogP contribution in [0.25, 0.3) is 10.9 Å². The highest BCUT2D eigenvalue weighted by atomic mass is 32.2. The van der Waals surface area contributed by atoms with Crippen LogP contribution in [0.15, 0.2) is 39.9 Å². The number of nitrogens with one attached hydrogen (secondary N) is 2. The number of rotatable bonds is 8. The number of methoxy groups -OCH3 is 1. The van der Waals surface area contributed by atoms with Crippen LogP contribution in [0.3, 0.4) is 0 Å². The fourth-order valence-corrected chi connectivity index (χ4v) is 4.38. The van der Waals surface area contributed by atoms with Crippen LogP contribution in [0.2, 0.25) is 0 Å². The second-order valence-electron chi connectivity index (χ2n) is 5.16. The van der Waals surface area contributed by atoms with Gasteiger partial charge in [0.05, 0.1) is 23.5 Å². The molecule has 0 bridgehead atoms. The van der Waals surface area contributed by atoms with E-state index in [9.17, 15) is 13.2 Å². The molecule has 0 aliphatic carbocycles. The number of benzene rings is 1. The Morgan fingerprint density at radius 2 is 2.12 bits per heavy atom. The molecule has 0 fully saturated rings. The molecule has 2 heterocycles. The van der Waals surface area contributed by atoms with Gasteiger partial charge in [-0.25, -0.2) is 8.42 Å². The number of aromatic nitrogens is 1. The predicted molar refractivity (Wildman–Crippen MR) is 96.2 cm³/mol. The molecule has 1 aromatic carbocycles. The second-order valence-corrected chi connectivity index (χ2v) is 8.01. The number of carbonyl (C=O) groups is 1. The lowest BCUT2D eigenvalue weighted by molar-refractivity contribution is 0.112. The van der Waals surface area contributed by atoms with E-state index in [-0.39, 0.29) is 4.21 Å². The summed E-state index contributed by atoms with van der Waals surface area (Å²) >= 11 is 1.12. The van der Waals surface area contributed by atoms with Gasteiger partial charge >= 0.3 is 0 Å². The molecule has 7 nitrogen and oxygen atoms in total. The second kappa shape index (κ2) is 7.26. The summed E-state index contributed by atoms with van der Waals surface area (Å²) in [4.78, 5) is 13.9. The highest BCUT2D eigenvalue weighted by Gasteiger charge is 2.18. The smallest absolute Gasteiger partial charge is 0.271 e. The van der Waals surface area contributed by atoms with Crippen LogP contribution in [0.5, 0.6) is 5.75 Å². The molecule has 0 radical (unpaired) electrons. The summed E-state index contributed by atoms with van der Waals surface area (Å²) in [6, 6.07) is 8.13. The maximum atomic E-state index is 12.5. The maximum Gasteiger partial charge on any atom is 0.271 e. The van der Waals surface area contributed by atoms with Gasteiger partial charge in [-0.15, -0.1) is 11.3 Å². The summed E-state index contributed by atoms with van der Waals surface area (Å²) in [6.45, 7) is 0.727. The molecule has 3 aromatic rings. The van der Waals surface area contributed by atoms with Crippen molar-refractivity contribution < 1.29 is 22.7 Å². The lowest BCUT2D eigenvalue weighted by Crippen LogP contribution is -2.12. The molecule has 0 atom stereocenters. The predicted octanol–water partition coefficient (Wildman–Crippen LogP) is 2.87. The first-order chi connectivity index (χ1) is 12.0. The van der Waals surface area contributed by atoms with Crippen molar-refractivity contribution in [2.45, 2.75) is 4.21 Å². The molecule has 2 N–H and O–H groups in total. The average Bonchev–Trinajstić information content (AvgIpc) is 3.24. The highest BCUT2D eigenvalue weighted by molar-refractivity contribution is 7.94. The fraction of sp³-hybridized carbons (Fsp3) is 0.188. The van der Waals surface area contributed by atoms with Crippen LogP contribution in [0.4, 0.5) is 5.69 Å². The van der Waals surface area contributed by atoms with Gasteiger partial charge in [0.1, 0.15) is 16.6 Å². The zero-order valence-electron chi connectivity index (χ0n) is 13.3. The van der Waals surface area contributed by atoms with Crippen molar-refractivity contribution in [2.24, 2.45) is 0 Å². The standard InChI is InChI=1S/C16H16N2O5S2/c1-22-4-5-23-13-8-11-7-12(10-19)17-16(11)14(9-13)18-25(20,21)15-3-2-6-24-15/h2-3,6-10,17-18H,4-5H2,1H3. The quantitative estimate of drug-likeness (QED) is 0.463. The van der Waals surface area contributed by atoms with Crippen LogP contribution >= 0.6 is 11.3 Å². The van der Waals surface area contributed by atoms with Gasteiger partial charge in [0, 0.05) is 18.6 Å². The van der Waals surface area contributed by atoms with E-state index in [2.05, 4.69) is 9.71 Å². The van der Waals surface area contributed by atoms with Crippen LogP contribution < -0.4 is 9.46 Å². The van der Waals surface area contributed by atoms with Crippen LogP contribution in [0.1, 0.15) is 10.5 Å². The third kappa shape index (κ3) is 3.84. The Bertz CT molecular complexity index is 978. The van der Waals surface area contributed by atoms with Crippen molar-refractivity contribution >= 4 is 44.2 Å². The van der Waals surface area contributed by atoms with Crippen LogP contribution in [-0.2, 0) is 14.8 Å². The number of fused-ring (bicyclic) bond motifs is 1. The number of H-pyrrole nitrogens is 1. The van der Waals surface area contributed by atoms with Crippen molar-refractivity contribution in [3.63, 3.8) is 0 Å². The minimum absolute atomic E-state index is 0.202. The van der Waals surface area contributed by atoms with E-state index in [0.29, 0.717) is 47.5 Å². The van der Waals surface area contributed by atoms with Crippen molar-refractivity contribution in [3.05, 3.63) is 41.4 Å². The molecule has 2 aromatic heterocycles. The number of anilines is 1. The molecule has 0 saturated carbocycles. The van der Waals surface area contributed by atoms with E-state index in [1.807, 2.05) is 0 Å². The van der Waals surface area contributed by atoms with Crippen molar-refractivity contribution in [3.8, 4) is 5.75 Å². The first-order valence-electron chi connectivity index (χ1n) is 7.33. The van der Waals surface area contributed by atoms with Gasteiger partial charge in [0.2, 0.25) is 0 Å². The van der Waals surface area contributed by atoms with E-state index >= 15 is 0 Å². The zero-order chi connectivity index (χ0) is 17.9. The Morgan fingerprint density at radius 3 is 2.80 bits per heavy atom. The molecule has 9 heteroatoms. The van der Waals surface area contributed by atoms with Crippen molar-refractivity contribution in [2.75, 3.05) is 25.0 Å². The van der Waals surface area contributed by atoms with E-state index in [1.54, 1.807) is 36.8 Å². The largest absolute Gasteiger partial charge is 0.491 e. The molecule has 0 unspecified atom stereocenters. The molecule has 0 aliphatic heterocycles. The zero-order valence-corrected chi connectivity index (χ0v) is 14.9. The van der Waals surface area contributed by atoms with Gasteiger partial charge in [-0.3, -0.25) is 9.52 Å². The van der Waals surface area contributed by atoms with Gasteiger partial charge in [0.25, 0.3) is 10.0 Å². The van der Waals surface area contributed by atoms with E-state index in [1.165, 1.54) is 6.07 Å². The Labute approximate surface area is 148 Å². The number of aldehydes is 1. The van der Waals surface area contributed by atoms with Gasteiger partial charge in [-0.2, -0.15) is 0 Å². The minimum Gasteiger partial charge on any atom is -0.491 e. The first kappa shape index (κ1) is 17.5. The van der Waals surface area contributed by atoms with Gasteiger partial charge in [-0.1, -0.05) is 6.07 Å². The summed E-state index contributed by atoms with van der Waals surface area (Å²) in [7, 11) is -2.16. The van der Waals surface area contributed by atoms with Crippen molar-refractivity contribution in [1.82, 2.24) is 4.98 Å². The fourth-order valence-electron chi connectivity index (χ4n) is 2.32. The highest BCUT2D eigenvalue weighted by Crippen LogP contribution is 2.31. The number of hydrogen-bond acceptors (Lipinski definition) is 6. The summed E-state index contributed by atoms with van der Waals surface area (Å²) in [5.41, 5.74) is 1.17. The Morgan fingerprint density at radius 1 is 1.28 bits per heavy atom. The van der Waals surface area contributed by atoms with E-state index < -0.39 is 10.0 Å². The topological polar surface area (TPSA) is 97.5 Å². The first-order valence-corrected chi connectivity index (χ1v) is 9.70. The summed E-state index contributed by atoms with van der Waals surface area (Å²) in [6.07, 6.45) is 0.670. The van der Waals surface area contributed by atoms with E-state index in [0.717, 1.165) is 11.3 Å². The monoisotopic (exact) mass is 380 g/mol. The maximum absolute atomic E-state index is 12.5.